The van der Waals surface area contributed by atoms with Crippen molar-refractivity contribution in [2.45, 2.75) is 4.90 Å². The average Bonchev–Trinajstić information content (AvgIpc) is 3.52. The zero-order valence-corrected chi connectivity index (χ0v) is 19.0. The van der Waals surface area contributed by atoms with Crippen LogP contribution in [0.1, 0.15) is 10.5 Å². The van der Waals surface area contributed by atoms with Crippen LogP contribution < -0.4 is 10.0 Å². The van der Waals surface area contributed by atoms with Crippen molar-refractivity contribution >= 4 is 54.4 Å². The highest BCUT2D eigenvalue weighted by Gasteiger charge is 2.18. The third-order valence-electron chi connectivity index (χ3n) is 4.66. The van der Waals surface area contributed by atoms with Gasteiger partial charge in [0.15, 0.2) is 10.1 Å². The molecule has 166 valence electrons. The number of amides is 1. The van der Waals surface area contributed by atoms with Gasteiger partial charge in [-0.3, -0.25) is 13.9 Å². The molecule has 0 saturated heterocycles. The standard InChI is InChI=1S/C21H14FN5O3S3/c22-14-3-1-13(2-4-14)17-11-27-18(12-32-21(27)25-17)19(28)24-15-5-7-16(8-6-15)33(29,30)26-20-23-9-10-31-20/h1-12H,(H,23,26)(H,24,28). The first-order valence-corrected chi connectivity index (χ1v) is 12.7. The van der Waals surface area contributed by atoms with Crippen LogP contribution in [0.4, 0.5) is 15.2 Å². The van der Waals surface area contributed by atoms with Crippen LogP contribution in [-0.2, 0) is 10.0 Å². The molecule has 0 radical (unpaired) electrons. The van der Waals surface area contributed by atoms with E-state index in [0.29, 0.717) is 22.0 Å². The van der Waals surface area contributed by atoms with E-state index in [1.807, 2.05) is 0 Å². The molecule has 33 heavy (non-hydrogen) atoms. The van der Waals surface area contributed by atoms with Crippen LogP contribution in [0.5, 0.6) is 0 Å². The predicted molar refractivity (Wildman–Crippen MR) is 126 cm³/mol. The maximum atomic E-state index is 13.2. The average molecular weight is 500 g/mol. The number of nitrogens with zero attached hydrogens (tertiary/aromatic N) is 3. The molecular formula is C21H14FN5O3S3. The Kier molecular flexibility index (Phi) is 5.40. The Hall–Kier alpha value is -3.61. The topological polar surface area (TPSA) is 105 Å². The lowest BCUT2D eigenvalue weighted by Gasteiger charge is -2.07. The van der Waals surface area contributed by atoms with Gasteiger partial charge < -0.3 is 5.32 Å². The lowest BCUT2D eigenvalue weighted by Crippen LogP contribution is -2.15. The highest BCUT2D eigenvalue weighted by molar-refractivity contribution is 7.93. The van der Waals surface area contributed by atoms with Crippen LogP contribution in [0.3, 0.4) is 0 Å². The van der Waals surface area contributed by atoms with Gasteiger partial charge in [0.1, 0.15) is 11.5 Å². The SMILES string of the molecule is O=C(Nc1ccc(S(=O)(=O)Nc2nccs2)cc1)c1csc2nc(-c3ccc(F)cc3)cn12. The van der Waals surface area contributed by atoms with Gasteiger partial charge in [-0.25, -0.2) is 22.8 Å². The molecule has 0 fully saturated rings. The number of carbonyl (C=O) groups excluding carboxylic acids is 1. The normalized spacial score (nSPS) is 11.5. The van der Waals surface area contributed by atoms with Crippen LogP contribution in [0, 0.1) is 5.82 Å². The van der Waals surface area contributed by atoms with Gasteiger partial charge >= 0.3 is 0 Å². The van der Waals surface area contributed by atoms with Gasteiger partial charge in [0.05, 0.1) is 10.6 Å². The van der Waals surface area contributed by atoms with E-state index in [1.54, 1.807) is 33.5 Å². The predicted octanol–water partition coefficient (Wildman–Crippen LogP) is 4.71. The van der Waals surface area contributed by atoms with Gasteiger partial charge in [-0.15, -0.1) is 22.7 Å². The molecule has 1 amide bonds. The molecule has 2 N–H and O–H groups in total. The van der Waals surface area contributed by atoms with Crippen LogP contribution in [-0.4, -0.2) is 28.7 Å². The van der Waals surface area contributed by atoms with Crippen molar-refractivity contribution in [1.29, 1.82) is 0 Å². The number of rotatable bonds is 6. The molecule has 3 aromatic heterocycles. The highest BCUT2D eigenvalue weighted by atomic mass is 32.2. The summed E-state index contributed by atoms with van der Waals surface area (Å²) in [6.45, 7) is 0. The summed E-state index contributed by atoms with van der Waals surface area (Å²) in [5.41, 5.74) is 2.17. The summed E-state index contributed by atoms with van der Waals surface area (Å²) in [5.74, 6) is -0.710. The molecule has 12 heteroatoms. The number of hydrogen-bond acceptors (Lipinski definition) is 7. The fraction of sp³-hybridized carbons (Fsp3) is 0. The third kappa shape index (κ3) is 4.35. The molecule has 0 aliphatic rings. The number of aromatic nitrogens is 3. The van der Waals surface area contributed by atoms with Crippen molar-refractivity contribution in [2.75, 3.05) is 10.0 Å². The van der Waals surface area contributed by atoms with E-state index in [1.165, 1.54) is 65.3 Å². The summed E-state index contributed by atoms with van der Waals surface area (Å²) in [6.07, 6.45) is 3.22. The zero-order chi connectivity index (χ0) is 23.0. The van der Waals surface area contributed by atoms with Crippen molar-refractivity contribution < 1.29 is 17.6 Å². The molecule has 0 aliphatic heterocycles. The molecule has 0 spiro atoms. The zero-order valence-electron chi connectivity index (χ0n) is 16.6. The molecule has 2 aromatic carbocycles. The largest absolute Gasteiger partial charge is 0.321 e. The number of imidazole rings is 1. The number of hydrogen-bond donors (Lipinski definition) is 2. The van der Waals surface area contributed by atoms with Crippen molar-refractivity contribution in [1.82, 2.24) is 14.4 Å². The molecule has 5 rings (SSSR count). The van der Waals surface area contributed by atoms with Gasteiger partial charge in [-0.2, -0.15) is 0 Å². The summed E-state index contributed by atoms with van der Waals surface area (Å²) in [6, 6.07) is 11.8. The number of nitrogens with one attached hydrogen (secondary N) is 2. The molecule has 8 nitrogen and oxygen atoms in total. The molecule has 0 atom stereocenters. The van der Waals surface area contributed by atoms with Gasteiger partial charge in [0.25, 0.3) is 15.9 Å². The van der Waals surface area contributed by atoms with Gasteiger partial charge in [0.2, 0.25) is 0 Å². The second-order valence-electron chi connectivity index (χ2n) is 6.83. The van der Waals surface area contributed by atoms with Crippen molar-refractivity contribution in [3.05, 3.63) is 83.2 Å². The van der Waals surface area contributed by atoms with Crippen molar-refractivity contribution in [2.24, 2.45) is 0 Å². The first-order chi connectivity index (χ1) is 15.9. The number of carbonyl (C=O) groups is 1. The number of benzene rings is 2. The Balaban J connectivity index is 1.34. The third-order valence-corrected chi connectivity index (χ3v) is 7.67. The fourth-order valence-electron chi connectivity index (χ4n) is 3.07. The molecular weight excluding hydrogens is 485 g/mol. The summed E-state index contributed by atoms with van der Waals surface area (Å²) in [4.78, 5) is 21.9. The van der Waals surface area contributed by atoms with Crippen LogP contribution in [0.2, 0.25) is 0 Å². The van der Waals surface area contributed by atoms with Crippen molar-refractivity contribution in [3.8, 4) is 11.3 Å². The minimum Gasteiger partial charge on any atom is -0.321 e. The second kappa shape index (κ2) is 8.39. The molecule has 0 aliphatic carbocycles. The van der Waals surface area contributed by atoms with E-state index in [0.717, 1.165) is 5.56 Å². The fourth-order valence-corrected chi connectivity index (χ4v) is 5.71. The molecule has 0 unspecified atom stereocenters. The Morgan fingerprint density at radius 2 is 1.79 bits per heavy atom. The molecule has 3 heterocycles. The second-order valence-corrected chi connectivity index (χ2v) is 10.2. The highest BCUT2D eigenvalue weighted by Crippen LogP contribution is 2.25. The first-order valence-electron chi connectivity index (χ1n) is 9.45. The van der Waals surface area contributed by atoms with Gasteiger partial charge in [-0.1, -0.05) is 0 Å². The van der Waals surface area contributed by atoms with E-state index in [4.69, 9.17) is 0 Å². The quantitative estimate of drug-likeness (QED) is 0.352. The van der Waals surface area contributed by atoms with E-state index in [2.05, 4.69) is 20.0 Å². The Morgan fingerprint density at radius 1 is 1.03 bits per heavy atom. The Labute approximate surface area is 195 Å². The number of sulfonamides is 1. The van der Waals surface area contributed by atoms with Crippen LogP contribution >= 0.6 is 22.7 Å². The van der Waals surface area contributed by atoms with Gasteiger partial charge in [0, 0.05) is 34.4 Å². The Bertz CT molecular complexity index is 1540. The van der Waals surface area contributed by atoms with E-state index < -0.39 is 10.0 Å². The van der Waals surface area contributed by atoms with E-state index >= 15 is 0 Å². The van der Waals surface area contributed by atoms with Crippen molar-refractivity contribution in [3.63, 3.8) is 0 Å². The molecule has 0 saturated carbocycles. The van der Waals surface area contributed by atoms with E-state index in [-0.39, 0.29) is 21.8 Å². The minimum atomic E-state index is -3.78. The first kappa shape index (κ1) is 21.2. The minimum absolute atomic E-state index is 0.0483. The number of fused-ring (bicyclic) bond motifs is 1. The number of halogens is 1. The smallest absolute Gasteiger partial charge is 0.273 e. The summed E-state index contributed by atoms with van der Waals surface area (Å²) >= 11 is 2.48. The number of anilines is 2. The molecule has 5 aromatic rings. The maximum absolute atomic E-state index is 13.2. The monoisotopic (exact) mass is 499 g/mol. The number of thiazole rings is 2. The van der Waals surface area contributed by atoms with Gasteiger partial charge in [-0.05, 0) is 48.5 Å². The summed E-state index contributed by atoms with van der Waals surface area (Å²) in [7, 11) is -3.78. The summed E-state index contributed by atoms with van der Waals surface area (Å²) in [5, 5.41) is 6.38. The van der Waals surface area contributed by atoms with Crippen LogP contribution in [0.25, 0.3) is 16.2 Å². The molecule has 0 bridgehead atoms. The Morgan fingerprint density at radius 3 is 2.48 bits per heavy atom. The summed E-state index contributed by atoms with van der Waals surface area (Å²) < 4.78 is 42.1. The van der Waals surface area contributed by atoms with E-state index in [9.17, 15) is 17.6 Å². The maximum Gasteiger partial charge on any atom is 0.273 e. The lowest BCUT2D eigenvalue weighted by atomic mass is 10.2. The van der Waals surface area contributed by atoms with Crippen LogP contribution in [0.15, 0.2) is 76.6 Å². The lowest BCUT2D eigenvalue weighted by molar-refractivity contribution is 0.102.